The number of alkyl halides is 3. The number of nitrogens with zero attached hydrogens (tertiary/aromatic N) is 1. The Morgan fingerprint density at radius 2 is 1.87 bits per heavy atom. The first kappa shape index (κ1) is 11.7. The zero-order chi connectivity index (χ0) is 11.7. The highest BCUT2D eigenvalue weighted by Crippen LogP contribution is 2.35. The molecule has 0 radical (unpaired) electrons. The van der Waals surface area contributed by atoms with Crippen LogP contribution in [0.15, 0.2) is 18.5 Å². The molecule has 2 nitrogen and oxygen atoms in total. The van der Waals surface area contributed by atoms with Crippen LogP contribution in [0.25, 0.3) is 0 Å². The summed E-state index contributed by atoms with van der Waals surface area (Å²) in [5.74, 6) is 0. The number of carbonyl (C=O) groups excluding carboxylic acids is 1. The SMILES string of the molecule is CC(C)(C=O)c1ccncc1C(F)(F)F. The topological polar surface area (TPSA) is 30.0 Å². The summed E-state index contributed by atoms with van der Waals surface area (Å²) in [6, 6.07) is 1.22. The van der Waals surface area contributed by atoms with E-state index in [0.29, 0.717) is 6.29 Å². The molecule has 0 saturated heterocycles. The van der Waals surface area contributed by atoms with Gasteiger partial charge in [0.2, 0.25) is 0 Å². The van der Waals surface area contributed by atoms with E-state index in [-0.39, 0.29) is 5.56 Å². The molecule has 0 saturated carbocycles. The Kier molecular flexibility index (Phi) is 2.83. The fraction of sp³-hybridized carbons (Fsp3) is 0.400. The van der Waals surface area contributed by atoms with Gasteiger partial charge in [0, 0.05) is 17.8 Å². The van der Waals surface area contributed by atoms with Gasteiger partial charge in [0.25, 0.3) is 0 Å². The number of rotatable bonds is 2. The summed E-state index contributed by atoms with van der Waals surface area (Å²) in [5, 5.41) is 0. The fourth-order valence-corrected chi connectivity index (χ4v) is 1.25. The van der Waals surface area contributed by atoms with Crippen LogP contribution in [0.1, 0.15) is 25.0 Å². The Hall–Kier alpha value is -1.39. The Bertz CT molecular complexity index is 371. The van der Waals surface area contributed by atoms with Crippen molar-refractivity contribution in [1.82, 2.24) is 4.98 Å². The van der Waals surface area contributed by atoms with Crippen LogP contribution in [-0.4, -0.2) is 11.3 Å². The summed E-state index contributed by atoms with van der Waals surface area (Å²) in [6.45, 7) is 2.87. The maximum atomic E-state index is 12.6. The Balaban J connectivity index is 3.37. The second kappa shape index (κ2) is 3.64. The maximum Gasteiger partial charge on any atom is 0.418 e. The van der Waals surface area contributed by atoms with E-state index in [4.69, 9.17) is 0 Å². The number of halogens is 3. The molecule has 0 bridgehead atoms. The smallest absolute Gasteiger partial charge is 0.302 e. The van der Waals surface area contributed by atoms with Gasteiger partial charge in [0.15, 0.2) is 0 Å². The number of pyridine rings is 1. The Morgan fingerprint density at radius 3 is 2.33 bits per heavy atom. The second-order valence-electron chi connectivity index (χ2n) is 3.76. The third kappa shape index (κ3) is 2.34. The van der Waals surface area contributed by atoms with Gasteiger partial charge in [-0.05, 0) is 25.5 Å². The monoisotopic (exact) mass is 217 g/mol. The van der Waals surface area contributed by atoms with Gasteiger partial charge in [-0.1, -0.05) is 0 Å². The van der Waals surface area contributed by atoms with E-state index >= 15 is 0 Å². The van der Waals surface area contributed by atoms with Gasteiger partial charge in [-0.3, -0.25) is 4.98 Å². The molecule has 1 heterocycles. The molecule has 1 aromatic rings. The Morgan fingerprint density at radius 1 is 1.27 bits per heavy atom. The highest BCUT2D eigenvalue weighted by atomic mass is 19.4. The van der Waals surface area contributed by atoms with E-state index in [2.05, 4.69) is 4.98 Å². The lowest BCUT2D eigenvalue weighted by Crippen LogP contribution is -2.24. The van der Waals surface area contributed by atoms with Gasteiger partial charge in [0.1, 0.15) is 6.29 Å². The summed E-state index contributed by atoms with van der Waals surface area (Å²) < 4.78 is 37.7. The van der Waals surface area contributed by atoms with Crippen LogP contribution in [0.2, 0.25) is 0 Å². The molecule has 0 aromatic carbocycles. The highest BCUT2D eigenvalue weighted by Gasteiger charge is 2.37. The van der Waals surface area contributed by atoms with Crippen LogP contribution in [-0.2, 0) is 16.4 Å². The van der Waals surface area contributed by atoms with Gasteiger partial charge in [-0.2, -0.15) is 13.2 Å². The van der Waals surface area contributed by atoms with Crippen molar-refractivity contribution >= 4 is 6.29 Å². The lowest BCUT2D eigenvalue weighted by Gasteiger charge is -2.21. The number of hydrogen-bond donors (Lipinski definition) is 0. The van der Waals surface area contributed by atoms with Crippen molar-refractivity contribution in [3.63, 3.8) is 0 Å². The lowest BCUT2D eigenvalue weighted by molar-refractivity contribution is -0.139. The van der Waals surface area contributed by atoms with Crippen LogP contribution in [0, 0.1) is 0 Å². The highest BCUT2D eigenvalue weighted by molar-refractivity contribution is 5.68. The maximum absolute atomic E-state index is 12.6. The zero-order valence-corrected chi connectivity index (χ0v) is 8.30. The second-order valence-corrected chi connectivity index (χ2v) is 3.76. The molecule has 0 aliphatic heterocycles. The molecule has 15 heavy (non-hydrogen) atoms. The number of carbonyl (C=O) groups is 1. The quantitative estimate of drug-likeness (QED) is 0.712. The molecule has 0 atom stereocenters. The molecule has 0 amide bonds. The van der Waals surface area contributed by atoms with E-state index < -0.39 is 17.2 Å². The third-order valence-corrected chi connectivity index (χ3v) is 2.12. The molecular formula is C10H10F3NO. The number of aldehydes is 1. The summed E-state index contributed by atoms with van der Waals surface area (Å²) in [4.78, 5) is 14.1. The van der Waals surface area contributed by atoms with E-state index in [1.54, 1.807) is 0 Å². The van der Waals surface area contributed by atoms with Crippen molar-refractivity contribution in [2.45, 2.75) is 25.4 Å². The summed E-state index contributed by atoms with van der Waals surface area (Å²) in [7, 11) is 0. The van der Waals surface area contributed by atoms with Crippen molar-refractivity contribution in [1.29, 1.82) is 0 Å². The molecule has 0 aliphatic carbocycles. The molecule has 0 fully saturated rings. The van der Waals surface area contributed by atoms with Crippen molar-refractivity contribution in [3.05, 3.63) is 29.6 Å². The molecule has 0 unspecified atom stereocenters. The fourth-order valence-electron chi connectivity index (χ4n) is 1.25. The van der Waals surface area contributed by atoms with Crippen molar-refractivity contribution in [3.8, 4) is 0 Å². The van der Waals surface area contributed by atoms with Gasteiger partial charge in [0.05, 0.1) is 5.56 Å². The largest absolute Gasteiger partial charge is 0.418 e. The van der Waals surface area contributed by atoms with Crippen LogP contribution in [0.3, 0.4) is 0 Å². The van der Waals surface area contributed by atoms with E-state index in [9.17, 15) is 18.0 Å². The van der Waals surface area contributed by atoms with Crippen molar-refractivity contribution < 1.29 is 18.0 Å². The molecule has 5 heteroatoms. The van der Waals surface area contributed by atoms with Crippen LogP contribution in [0.5, 0.6) is 0 Å². The molecular weight excluding hydrogens is 207 g/mol. The van der Waals surface area contributed by atoms with Gasteiger partial charge < -0.3 is 4.79 Å². The first-order chi connectivity index (χ1) is 6.79. The minimum Gasteiger partial charge on any atom is -0.302 e. The zero-order valence-electron chi connectivity index (χ0n) is 8.30. The number of aromatic nitrogens is 1. The first-order valence-corrected chi connectivity index (χ1v) is 4.27. The predicted octanol–water partition coefficient (Wildman–Crippen LogP) is 2.58. The van der Waals surface area contributed by atoms with Gasteiger partial charge >= 0.3 is 6.18 Å². The van der Waals surface area contributed by atoms with Crippen LogP contribution in [0.4, 0.5) is 13.2 Å². The summed E-state index contributed by atoms with van der Waals surface area (Å²) >= 11 is 0. The molecule has 82 valence electrons. The first-order valence-electron chi connectivity index (χ1n) is 4.27. The number of hydrogen-bond acceptors (Lipinski definition) is 2. The van der Waals surface area contributed by atoms with E-state index in [0.717, 1.165) is 6.20 Å². The third-order valence-electron chi connectivity index (χ3n) is 2.12. The summed E-state index contributed by atoms with van der Waals surface area (Å²) in [5.41, 5.74) is -2.07. The lowest BCUT2D eigenvalue weighted by atomic mass is 9.84. The molecule has 1 rings (SSSR count). The minimum atomic E-state index is -4.48. The molecule has 0 spiro atoms. The predicted molar refractivity (Wildman–Crippen MR) is 48.3 cm³/mol. The van der Waals surface area contributed by atoms with Crippen molar-refractivity contribution in [2.24, 2.45) is 0 Å². The van der Waals surface area contributed by atoms with Gasteiger partial charge in [-0.25, -0.2) is 0 Å². The van der Waals surface area contributed by atoms with Crippen LogP contribution < -0.4 is 0 Å². The molecule has 1 aromatic heterocycles. The van der Waals surface area contributed by atoms with Gasteiger partial charge in [-0.15, -0.1) is 0 Å². The standard InChI is InChI=1S/C10H10F3NO/c1-9(2,6-15)7-3-4-14-5-8(7)10(11,12)13/h3-6H,1-2H3. The van der Waals surface area contributed by atoms with E-state index in [1.165, 1.54) is 26.1 Å². The molecule has 0 N–H and O–H groups in total. The molecule has 0 aliphatic rings. The van der Waals surface area contributed by atoms with Crippen molar-refractivity contribution in [2.75, 3.05) is 0 Å². The normalized spacial score (nSPS) is 12.6. The Labute approximate surface area is 85.1 Å². The van der Waals surface area contributed by atoms with Crippen LogP contribution >= 0.6 is 0 Å². The average molecular weight is 217 g/mol. The minimum absolute atomic E-state index is 0.0556. The van der Waals surface area contributed by atoms with E-state index in [1.807, 2.05) is 0 Å². The summed E-state index contributed by atoms with van der Waals surface area (Å²) in [6.07, 6.45) is -2.00. The average Bonchev–Trinajstić information content (AvgIpc) is 2.16.